The molecule has 0 unspecified atom stereocenters. The molecule has 1 heterocycles. The Morgan fingerprint density at radius 1 is 1.00 bits per heavy atom. The third-order valence-electron chi connectivity index (χ3n) is 3.84. The van der Waals surface area contributed by atoms with E-state index in [4.69, 9.17) is 4.74 Å². The first-order valence-corrected chi connectivity index (χ1v) is 7.22. The zero-order valence-corrected chi connectivity index (χ0v) is 12.5. The second kappa shape index (κ2) is 6.06. The molecule has 0 atom stereocenters. The molecule has 0 N–H and O–H groups in total. The number of hydrogen-bond acceptors (Lipinski definition) is 2. The SMILES string of the molecule is COCCc1ccc2c(-c3ccccc3C)ccnc2c1. The Labute approximate surface area is 125 Å². The summed E-state index contributed by atoms with van der Waals surface area (Å²) in [4.78, 5) is 4.52. The van der Waals surface area contributed by atoms with E-state index in [-0.39, 0.29) is 0 Å². The maximum absolute atomic E-state index is 5.15. The third-order valence-corrected chi connectivity index (χ3v) is 3.84. The highest BCUT2D eigenvalue weighted by Crippen LogP contribution is 2.30. The molecular weight excluding hydrogens is 258 g/mol. The minimum atomic E-state index is 0.739. The Balaban J connectivity index is 2.11. The number of hydrogen-bond donors (Lipinski definition) is 0. The summed E-state index contributed by atoms with van der Waals surface area (Å²) in [5.41, 5.74) is 6.11. The summed E-state index contributed by atoms with van der Waals surface area (Å²) < 4.78 is 5.15. The molecule has 2 nitrogen and oxygen atoms in total. The molecule has 0 aliphatic carbocycles. The number of ether oxygens (including phenoxy) is 1. The van der Waals surface area contributed by atoms with Gasteiger partial charge < -0.3 is 4.74 Å². The minimum Gasteiger partial charge on any atom is -0.384 e. The van der Waals surface area contributed by atoms with Crippen molar-refractivity contribution in [2.45, 2.75) is 13.3 Å². The second-order valence-electron chi connectivity index (χ2n) is 5.27. The number of fused-ring (bicyclic) bond motifs is 1. The van der Waals surface area contributed by atoms with Gasteiger partial charge in [-0.05, 0) is 47.7 Å². The number of rotatable bonds is 4. The van der Waals surface area contributed by atoms with Gasteiger partial charge in [-0.1, -0.05) is 36.4 Å². The number of aryl methyl sites for hydroxylation is 1. The van der Waals surface area contributed by atoms with Gasteiger partial charge in [0.25, 0.3) is 0 Å². The molecule has 1 aromatic heterocycles. The van der Waals surface area contributed by atoms with Gasteiger partial charge in [-0.25, -0.2) is 0 Å². The Hall–Kier alpha value is -2.19. The lowest BCUT2D eigenvalue weighted by molar-refractivity contribution is 0.202. The molecule has 0 aliphatic heterocycles. The standard InChI is InChI=1S/C19H19NO/c1-14-5-3-4-6-16(14)17-9-11-20-19-13-15(10-12-21-2)7-8-18(17)19/h3-9,11,13H,10,12H2,1-2H3. The molecule has 0 bridgehead atoms. The van der Waals surface area contributed by atoms with Gasteiger partial charge in [0, 0.05) is 18.7 Å². The summed E-state index contributed by atoms with van der Waals surface area (Å²) >= 11 is 0. The zero-order valence-electron chi connectivity index (χ0n) is 12.5. The monoisotopic (exact) mass is 277 g/mol. The van der Waals surface area contributed by atoms with Crippen molar-refractivity contribution in [3.63, 3.8) is 0 Å². The van der Waals surface area contributed by atoms with Crippen LogP contribution in [-0.4, -0.2) is 18.7 Å². The van der Waals surface area contributed by atoms with Crippen LogP contribution in [0.15, 0.2) is 54.7 Å². The van der Waals surface area contributed by atoms with E-state index in [9.17, 15) is 0 Å². The third kappa shape index (κ3) is 2.81. The molecule has 0 aliphatic rings. The van der Waals surface area contributed by atoms with Crippen LogP contribution in [0.4, 0.5) is 0 Å². The normalized spacial score (nSPS) is 11.0. The highest BCUT2D eigenvalue weighted by Gasteiger charge is 2.07. The Morgan fingerprint density at radius 3 is 2.67 bits per heavy atom. The van der Waals surface area contributed by atoms with Crippen LogP contribution >= 0.6 is 0 Å². The van der Waals surface area contributed by atoms with Crippen molar-refractivity contribution < 1.29 is 4.74 Å². The van der Waals surface area contributed by atoms with Crippen LogP contribution in [0.3, 0.4) is 0 Å². The van der Waals surface area contributed by atoms with Gasteiger partial charge in [-0.2, -0.15) is 0 Å². The molecule has 2 aromatic carbocycles. The highest BCUT2D eigenvalue weighted by atomic mass is 16.5. The zero-order chi connectivity index (χ0) is 14.7. The fourth-order valence-electron chi connectivity index (χ4n) is 2.68. The molecule has 3 aromatic rings. The van der Waals surface area contributed by atoms with Crippen molar-refractivity contribution in [2.24, 2.45) is 0 Å². The molecule has 21 heavy (non-hydrogen) atoms. The van der Waals surface area contributed by atoms with Gasteiger partial charge >= 0.3 is 0 Å². The molecule has 3 rings (SSSR count). The van der Waals surface area contributed by atoms with Gasteiger partial charge in [-0.15, -0.1) is 0 Å². The van der Waals surface area contributed by atoms with Crippen molar-refractivity contribution in [3.8, 4) is 11.1 Å². The van der Waals surface area contributed by atoms with Crippen LogP contribution in [0.2, 0.25) is 0 Å². The average Bonchev–Trinajstić information content (AvgIpc) is 2.52. The Kier molecular flexibility index (Phi) is 3.98. The lowest BCUT2D eigenvalue weighted by Crippen LogP contribution is -1.95. The molecule has 0 saturated heterocycles. The second-order valence-corrected chi connectivity index (χ2v) is 5.27. The highest BCUT2D eigenvalue weighted by molar-refractivity contribution is 5.95. The molecule has 0 saturated carbocycles. The van der Waals surface area contributed by atoms with Crippen LogP contribution < -0.4 is 0 Å². The van der Waals surface area contributed by atoms with E-state index >= 15 is 0 Å². The number of pyridine rings is 1. The van der Waals surface area contributed by atoms with Crippen molar-refractivity contribution in [1.82, 2.24) is 4.98 Å². The summed E-state index contributed by atoms with van der Waals surface area (Å²) in [5.74, 6) is 0. The first-order chi connectivity index (χ1) is 10.3. The smallest absolute Gasteiger partial charge is 0.0710 e. The number of benzene rings is 2. The van der Waals surface area contributed by atoms with Crippen LogP contribution in [0.1, 0.15) is 11.1 Å². The van der Waals surface area contributed by atoms with E-state index in [2.05, 4.69) is 60.4 Å². The summed E-state index contributed by atoms with van der Waals surface area (Å²) in [6.07, 6.45) is 2.81. The summed E-state index contributed by atoms with van der Waals surface area (Å²) in [6, 6.07) is 17.1. The molecule has 2 heteroatoms. The molecule has 106 valence electrons. The number of aromatic nitrogens is 1. The Bertz CT molecular complexity index is 764. The van der Waals surface area contributed by atoms with Crippen LogP contribution in [-0.2, 0) is 11.2 Å². The topological polar surface area (TPSA) is 22.1 Å². The summed E-state index contributed by atoms with van der Waals surface area (Å²) in [5, 5.41) is 1.20. The first-order valence-electron chi connectivity index (χ1n) is 7.22. The van der Waals surface area contributed by atoms with E-state index in [0.29, 0.717) is 0 Å². The van der Waals surface area contributed by atoms with Crippen LogP contribution in [0, 0.1) is 6.92 Å². The summed E-state index contributed by atoms with van der Waals surface area (Å²) in [7, 11) is 1.73. The predicted octanol–water partition coefficient (Wildman–Crippen LogP) is 4.40. The molecule has 0 amide bonds. The van der Waals surface area contributed by atoms with Crippen molar-refractivity contribution in [1.29, 1.82) is 0 Å². The molecule has 0 fully saturated rings. The molecule has 0 spiro atoms. The largest absolute Gasteiger partial charge is 0.384 e. The molecule has 0 radical (unpaired) electrons. The van der Waals surface area contributed by atoms with Gasteiger partial charge in [0.2, 0.25) is 0 Å². The Morgan fingerprint density at radius 2 is 1.86 bits per heavy atom. The van der Waals surface area contributed by atoms with E-state index in [1.54, 1.807) is 7.11 Å². The predicted molar refractivity (Wildman–Crippen MR) is 87.5 cm³/mol. The van der Waals surface area contributed by atoms with Gasteiger partial charge in [0.05, 0.1) is 12.1 Å². The maximum Gasteiger partial charge on any atom is 0.0710 e. The van der Waals surface area contributed by atoms with E-state index in [1.807, 2.05) is 6.20 Å². The molecular formula is C19H19NO. The summed E-state index contributed by atoms with van der Waals surface area (Å²) in [6.45, 7) is 2.89. The van der Waals surface area contributed by atoms with Crippen molar-refractivity contribution in [3.05, 3.63) is 65.9 Å². The van der Waals surface area contributed by atoms with E-state index in [1.165, 1.54) is 27.6 Å². The first kappa shape index (κ1) is 13.8. The van der Waals surface area contributed by atoms with E-state index in [0.717, 1.165) is 18.5 Å². The minimum absolute atomic E-state index is 0.739. The average molecular weight is 277 g/mol. The van der Waals surface area contributed by atoms with Gasteiger partial charge in [0.15, 0.2) is 0 Å². The van der Waals surface area contributed by atoms with Crippen LogP contribution in [0.25, 0.3) is 22.0 Å². The number of methoxy groups -OCH3 is 1. The lowest BCUT2D eigenvalue weighted by Gasteiger charge is -2.10. The number of nitrogens with zero attached hydrogens (tertiary/aromatic N) is 1. The maximum atomic E-state index is 5.15. The van der Waals surface area contributed by atoms with Crippen molar-refractivity contribution in [2.75, 3.05) is 13.7 Å². The van der Waals surface area contributed by atoms with Crippen molar-refractivity contribution >= 4 is 10.9 Å². The quantitative estimate of drug-likeness (QED) is 0.705. The lowest BCUT2D eigenvalue weighted by atomic mass is 9.96. The van der Waals surface area contributed by atoms with E-state index < -0.39 is 0 Å². The van der Waals surface area contributed by atoms with Gasteiger partial charge in [-0.3, -0.25) is 4.98 Å². The fraction of sp³-hybridized carbons (Fsp3) is 0.211. The fourth-order valence-corrected chi connectivity index (χ4v) is 2.68. The van der Waals surface area contributed by atoms with Gasteiger partial charge in [0.1, 0.15) is 0 Å². The van der Waals surface area contributed by atoms with Crippen LogP contribution in [0.5, 0.6) is 0 Å².